The quantitative estimate of drug-likeness (QED) is 0.771. The maximum absolute atomic E-state index is 11.7. The second-order valence-corrected chi connectivity index (χ2v) is 4.28. The fraction of sp³-hybridized carbons (Fsp3) is 0.200. The normalized spacial score (nSPS) is 19.3. The average molecular weight is 269 g/mol. The predicted octanol–water partition coefficient (Wildman–Crippen LogP) is 1.28. The molecule has 15 heavy (non-hydrogen) atoms. The number of halogens is 1. The summed E-state index contributed by atoms with van der Waals surface area (Å²) in [5.74, 6) is -0.446. The lowest BCUT2D eigenvalue weighted by Crippen LogP contribution is -2.45. The van der Waals surface area contributed by atoms with Gasteiger partial charge in [-0.05, 0) is 18.2 Å². The number of amides is 1. The first kappa shape index (κ1) is 10.3. The van der Waals surface area contributed by atoms with Crippen LogP contribution in [0.3, 0.4) is 0 Å². The van der Waals surface area contributed by atoms with Crippen LogP contribution in [0.2, 0.25) is 0 Å². The van der Waals surface area contributed by atoms with Crippen LogP contribution in [0.1, 0.15) is 17.3 Å². The number of nitrogens with two attached hydrogens (primary N) is 1. The number of nitrogens with zero attached hydrogens (tertiary/aromatic N) is 1. The van der Waals surface area contributed by atoms with Crippen molar-refractivity contribution in [3.8, 4) is 0 Å². The lowest BCUT2D eigenvalue weighted by atomic mass is 10.1. The van der Waals surface area contributed by atoms with Crippen LogP contribution in [0.15, 0.2) is 22.7 Å². The molecule has 2 N–H and O–H groups in total. The van der Waals surface area contributed by atoms with Gasteiger partial charge in [0.1, 0.15) is 6.17 Å². The molecule has 0 spiro atoms. The topological polar surface area (TPSA) is 63.4 Å². The number of carbonyl (C=O) groups excluding carboxylic acids is 2. The summed E-state index contributed by atoms with van der Waals surface area (Å²) in [5, 5.41) is 0. The number of rotatable bonds is 0. The van der Waals surface area contributed by atoms with Gasteiger partial charge in [-0.3, -0.25) is 14.5 Å². The zero-order valence-corrected chi connectivity index (χ0v) is 9.61. The van der Waals surface area contributed by atoms with E-state index in [1.807, 2.05) is 0 Å². The summed E-state index contributed by atoms with van der Waals surface area (Å²) in [6, 6.07) is 5.17. The van der Waals surface area contributed by atoms with Gasteiger partial charge in [0.05, 0.1) is 5.69 Å². The fourth-order valence-electron chi connectivity index (χ4n) is 1.71. The summed E-state index contributed by atoms with van der Waals surface area (Å²) in [5.41, 5.74) is 6.74. The maximum atomic E-state index is 11.7. The van der Waals surface area contributed by atoms with E-state index in [1.54, 1.807) is 18.2 Å². The Balaban J connectivity index is 2.60. The zero-order chi connectivity index (χ0) is 11.2. The summed E-state index contributed by atoms with van der Waals surface area (Å²) in [6.45, 7) is 1.39. The Kier molecular flexibility index (Phi) is 2.36. The summed E-state index contributed by atoms with van der Waals surface area (Å²) in [4.78, 5) is 24.4. The van der Waals surface area contributed by atoms with Gasteiger partial charge in [0.25, 0.3) is 0 Å². The van der Waals surface area contributed by atoms with E-state index in [9.17, 15) is 9.59 Å². The molecule has 0 saturated carbocycles. The molecule has 1 heterocycles. The van der Waals surface area contributed by atoms with E-state index in [1.165, 1.54) is 11.8 Å². The summed E-state index contributed by atoms with van der Waals surface area (Å²) < 4.78 is 0.798. The van der Waals surface area contributed by atoms with E-state index in [0.717, 1.165) is 4.47 Å². The monoisotopic (exact) mass is 268 g/mol. The van der Waals surface area contributed by atoms with Gasteiger partial charge in [-0.2, -0.15) is 0 Å². The van der Waals surface area contributed by atoms with E-state index in [2.05, 4.69) is 15.9 Å². The van der Waals surface area contributed by atoms with Gasteiger partial charge in [-0.1, -0.05) is 15.9 Å². The number of anilines is 1. The van der Waals surface area contributed by atoms with Crippen LogP contribution in [0.4, 0.5) is 5.69 Å². The van der Waals surface area contributed by atoms with Crippen LogP contribution < -0.4 is 10.6 Å². The molecule has 1 unspecified atom stereocenters. The molecule has 0 fully saturated rings. The zero-order valence-electron chi connectivity index (χ0n) is 8.03. The molecule has 1 aliphatic heterocycles. The highest BCUT2D eigenvalue weighted by Crippen LogP contribution is 2.32. The van der Waals surface area contributed by atoms with E-state index < -0.39 is 6.17 Å². The third-order valence-corrected chi connectivity index (χ3v) is 2.86. The highest BCUT2D eigenvalue weighted by molar-refractivity contribution is 9.10. The number of Topliss-reactive ketones (excluding diaryl/α,β-unsaturated/α-hetero) is 1. The summed E-state index contributed by atoms with van der Waals surface area (Å²) in [7, 11) is 0. The molecular weight excluding hydrogens is 260 g/mol. The van der Waals surface area contributed by atoms with Gasteiger partial charge in [0, 0.05) is 17.0 Å². The summed E-state index contributed by atoms with van der Waals surface area (Å²) >= 11 is 3.27. The SMILES string of the molecule is CC(=O)N1c2ccc(Br)cc2C(=O)C1N. The van der Waals surface area contributed by atoms with Gasteiger partial charge in [0.15, 0.2) is 0 Å². The molecule has 5 heteroatoms. The molecule has 2 rings (SSSR count). The van der Waals surface area contributed by atoms with Crippen molar-refractivity contribution in [2.24, 2.45) is 5.73 Å². The van der Waals surface area contributed by atoms with Crippen molar-refractivity contribution in [1.29, 1.82) is 0 Å². The molecule has 1 aromatic carbocycles. The Bertz CT molecular complexity index is 459. The molecule has 0 bridgehead atoms. The molecule has 1 atom stereocenters. The number of hydrogen-bond acceptors (Lipinski definition) is 3. The number of hydrogen-bond donors (Lipinski definition) is 1. The average Bonchev–Trinajstić information content (AvgIpc) is 2.41. The lowest BCUT2D eigenvalue weighted by Gasteiger charge is -2.18. The Labute approximate surface area is 95.2 Å². The van der Waals surface area contributed by atoms with Gasteiger partial charge in [0.2, 0.25) is 11.7 Å². The Morgan fingerprint density at radius 3 is 2.80 bits per heavy atom. The first-order valence-electron chi connectivity index (χ1n) is 4.41. The van der Waals surface area contributed by atoms with Crippen LogP contribution in [0, 0.1) is 0 Å². The predicted molar refractivity (Wildman–Crippen MR) is 59.6 cm³/mol. The first-order valence-corrected chi connectivity index (χ1v) is 5.21. The highest BCUT2D eigenvalue weighted by atomic mass is 79.9. The van der Waals surface area contributed by atoms with Crippen LogP contribution >= 0.6 is 15.9 Å². The number of carbonyl (C=O) groups is 2. The first-order chi connectivity index (χ1) is 7.02. The van der Waals surface area contributed by atoms with Crippen molar-refractivity contribution in [2.75, 3.05) is 4.90 Å². The molecular formula is C10H9BrN2O2. The van der Waals surface area contributed by atoms with Crippen LogP contribution in [0.5, 0.6) is 0 Å². The van der Waals surface area contributed by atoms with E-state index >= 15 is 0 Å². The van der Waals surface area contributed by atoms with Crippen molar-refractivity contribution >= 4 is 33.3 Å². The second kappa shape index (κ2) is 3.43. The van der Waals surface area contributed by atoms with Crippen molar-refractivity contribution < 1.29 is 9.59 Å². The molecule has 1 amide bonds. The standard InChI is InChI=1S/C10H9BrN2O2/c1-5(14)13-8-3-2-6(11)4-7(8)9(15)10(13)12/h2-4,10H,12H2,1H3. The minimum absolute atomic E-state index is 0.221. The number of fused-ring (bicyclic) bond motifs is 1. The molecule has 0 saturated heterocycles. The number of ketones is 1. The van der Waals surface area contributed by atoms with Crippen LogP contribution in [0.25, 0.3) is 0 Å². The van der Waals surface area contributed by atoms with Crippen molar-refractivity contribution in [1.82, 2.24) is 0 Å². The highest BCUT2D eigenvalue weighted by Gasteiger charge is 2.36. The third-order valence-electron chi connectivity index (χ3n) is 2.37. The van der Waals surface area contributed by atoms with Crippen molar-refractivity contribution in [3.63, 3.8) is 0 Å². The van der Waals surface area contributed by atoms with E-state index in [4.69, 9.17) is 5.73 Å². The minimum atomic E-state index is -0.883. The molecule has 0 radical (unpaired) electrons. The fourth-order valence-corrected chi connectivity index (χ4v) is 2.07. The van der Waals surface area contributed by atoms with E-state index in [0.29, 0.717) is 11.3 Å². The largest absolute Gasteiger partial charge is 0.304 e. The number of benzene rings is 1. The minimum Gasteiger partial charge on any atom is -0.304 e. The van der Waals surface area contributed by atoms with Crippen molar-refractivity contribution in [3.05, 3.63) is 28.2 Å². The lowest BCUT2D eigenvalue weighted by molar-refractivity contribution is -0.116. The summed E-state index contributed by atoms with van der Waals surface area (Å²) in [6.07, 6.45) is -0.883. The Morgan fingerprint density at radius 2 is 2.20 bits per heavy atom. The van der Waals surface area contributed by atoms with Crippen LogP contribution in [-0.4, -0.2) is 17.9 Å². The molecule has 4 nitrogen and oxygen atoms in total. The molecule has 78 valence electrons. The second-order valence-electron chi connectivity index (χ2n) is 3.36. The van der Waals surface area contributed by atoms with Gasteiger partial charge in [-0.25, -0.2) is 0 Å². The Morgan fingerprint density at radius 1 is 1.53 bits per heavy atom. The Hall–Kier alpha value is -1.20. The smallest absolute Gasteiger partial charge is 0.225 e. The molecule has 0 aliphatic carbocycles. The molecule has 1 aromatic rings. The third kappa shape index (κ3) is 1.48. The maximum Gasteiger partial charge on any atom is 0.225 e. The van der Waals surface area contributed by atoms with Gasteiger partial charge >= 0.3 is 0 Å². The van der Waals surface area contributed by atoms with Gasteiger partial charge in [-0.15, -0.1) is 0 Å². The molecule has 0 aromatic heterocycles. The van der Waals surface area contributed by atoms with E-state index in [-0.39, 0.29) is 11.7 Å². The van der Waals surface area contributed by atoms with Crippen LogP contribution in [-0.2, 0) is 4.79 Å². The van der Waals surface area contributed by atoms with Gasteiger partial charge < -0.3 is 5.73 Å². The molecule has 1 aliphatic rings. The van der Waals surface area contributed by atoms with Crippen molar-refractivity contribution in [2.45, 2.75) is 13.1 Å².